The van der Waals surface area contributed by atoms with Gasteiger partial charge in [0.25, 0.3) is 11.5 Å². The zero-order valence-electron chi connectivity index (χ0n) is 27.9. The van der Waals surface area contributed by atoms with E-state index >= 15 is 0 Å². The minimum Gasteiger partial charge on any atom is -0.362 e. The Labute approximate surface area is 295 Å². The monoisotopic (exact) mass is 749 g/mol. The van der Waals surface area contributed by atoms with Crippen LogP contribution in [0.2, 0.25) is 5.02 Å². The van der Waals surface area contributed by atoms with E-state index < -0.39 is 38.5 Å². The van der Waals surface area contributed by atoms with Crippen LogP contribution < -0.4 is 25.4 Å². The number of nitrogens with zero attached hydrogens (tertiary/aromatic N) is 7. The molecule has 2 amide bonds. The molecular formula is C32H35ClF3N9O5S. The first-order valence-electron chi connectivity index (χ1n) is 16.1. The number of hydrogen-bond donors (Lipinski definition) is 2. The summed E-state index contributed by atoms with van der Waals surface area (Å²) in [5, 5.41) is 6.16. The highest BCUT2D eigenvalue weighted by molar-refractivity contribution is 7.93. The highest BCUT2D eigenvalue weighted by Crippen LogP contribution is 2.34. The second-order valence-electron chi connectivity index (χ2n) is 12.5. The van der Waals surface area contributed by atoms with Gasteiger partial charge in [-0.25, -0.2) is 8.42 Å². The van der Waals surface area contributed by atoms with E-state index in [1.54, 1.807) is 55.1 Å². The van der Waals surface area contributed by atoms with Crippen molar-refractivity contribution in [1.82, 2.24) is 24.1 Å². The number of carbonyl (C=O) groups is 2. The van der Waals surface area contributed by atoms with Gasteiger partial charge in [0, 0.05) is 40.3 Å². The molecule has 2 aliphatic rings. The molecule has 19 heteroatoms. The van der Waals surface area contributed by atoms with Crippen LogP contribution in [0.5, 0.6) is 0 Å². The summed E-state index contributed by atoms with van der Waals surface area (Å²) in [4.78, 5) is 50.6. The molecule has 14 nitrogen and oxygen atoms in total. The molecule has 1 aliphatic heterocycles. The number of rotatable bonds is 10. The summed E-state index contributed by atoms with van der Waals surface area (Å²) in [6.07, 6.45) is -3.18. The van der Waals surface area contributed by atoms with Gasteiger partial charge in [-0.15, -0.1) is 5.10 Å². The van der Waals surface area contributed by atoms with Crippen LogP contribution in [0.15, 0.2) is 47.3 Å². The molecule has 3 heterocycles. The molecule has 0 unspecified atom stereocenters. The Morgan fingerprint density at radius 1 is 1.04 bits per heavy atom. The minimum absolute atomic E-state index is 0.0249. The number of aromatic nitrogens is 4. The molecule has 1 saturated carbocycles. The number of carbonyl (C=O) groups excluding carboxylic acids is 2. The number of halogens is 4. The standard InChI is InChI=1S/C32H35ClF3N9O5S/c1-4-25-27(42-13-15-43(16-14-42)28(47)21-7-5-6-8-23(21)40-51(49,50)20-10-11-20)29(48)45-31(38-30(39-45)41(2)3)44(25)18-26(46)37-24-12-9-19(17-22(24)33)32(34,35)36/h5-9,12,17,20,40H,4,10-11,13-16,18H2,1-3H3,(H,37,46). The van der Waals surface area contributed by atoms with Crippen LogP contribution in [0.25, 0.3) is 5.78 Å². The summed E-state index contributed by atoms with van der Waals surface area (Å²) in [5.41, 5.74) is -0.339. The molecule has 2 aromatic carbocycles. The van der Waals surface area contributed by atoms with Crippen LogP contribution in [-0.4, -0.2) is 89.8 Å². The number of nitrogens with one attached hydrogen (secondary N) is 2. The third kappa shape index (κ3) is 7.33. The molecule has 0 radical (unpaired) electrons. The second kappa shape index (κ2) is 13.7. The van der Waals surface area contributed by atoms with Crippen LogP contribution in [0.3, 0.4) is 0 Å². The minimum atomic E-state index is -4.61. The average molecular weight is 750 g/mol. The van der Waals surface area contributed by atoms with Gasteiger partial charge in [0.05, 0.1) is 38.5 Å². The van der Waals surface area contributed by atoms with Crippen molar-refractivity contribution in [2.75, 3.05) is 60.1 Å². The molecule has 2 aromatic heterocycles. The van der Waals surface area contributed by atoms with Crippen LogP contribution in [0, 0.1) is 0 Å². The molecule has 2 N–H and O–H groups in total. The maximum atomic E-state index is 14.0. The van der Waals surface area contributed by atoms with E-state index in [1.807, 2.05) is 4.90 Å². The first kappa shape index (κ1) is 36.0. The Kier molecular flexibility index (Phi) is 9.67. The van der Waals surface area contributed by atoms with Crippen LogP contribution in [0.1, 0.15) is 41.4 Å². The maximum Gasteiger partial charge on any atom is 0.416 e. The number of benzene rings is 2. The lowest BCUT2D eigenvalue weighted by molar-refractivity contribution is -0.137. The molecule has 51 heavy (non-hydrogen) atoms. The van der Waals surface area contributed by atoms with Crippen LogP contribution >= 0.6 is 11.6 Å². The number of anilines is 4. The van der Waals surface area contributed by atoms with Crippen molar-refractivity contribution in [3.8, 4) is 0 Å². The molecule has 1 saturated heterocycles. The summed E-state index contributed by atoms with van der Waals surface area (Å²) in [7, 11) is -0.224. The van der Waals surface area contributed by atoms with Gasteiger partial charge < -0.3 is 24.6 Å². The molecule has 6 rings (SSSR count). The SMILES string of the molecule is CCc1c(N2CCN(C(=O)c3ccccc3NS(=O)(=O)C3CC3)CC2)c(=O)n2nc(N(C)C)nc2n1CC(=O)Nc1ccc(C(F)(F)F)cc1Cl. The lowest BCUT2D eigenvalue weighted by atomic mass is 10.1. The van der Waals surface area contributed by atoms with E-state index in [0.29, 0.717) is 18.5 Å². The second-order valence-corrected chi connectivity index (χ2v) is 14.8. The van der Waals surface area contributed by atoms with E-state index in [-0.39, 0.29) is 84.4 Å². The maximum absolute atomic E-state index is 14.0. The fraction of sp³-hybridized carbons (Fsp3) is 0.406. The lowest BCUT2D eigenvalue weighted by Crippen LogP contribution is -2.51. The van der Waals surface area contributed by atoms with Crippen molar-refractivity contribution in [3.63, 3.8) is 0 Å². The Hall–Kier alpha value is -4.84. The number of para-hydroxylation sites is 1. The Morgan fingerprint density at radius 3 is 2.33 bits per heavy atom. The van der Waals surface area contributed by atoms with E-state index in [2.05, 4.69) is 20.1 Å². The normalized spacial score (nSPS) is 15.3. The van der Waals surface area contributed by atoms with Gasteiger partial charge in [0.15, 0.2) is 0 Å². The predicted octanol–water partition coefficient (Wildman–Crippen LogP) is 3.70. The molecule has 4 aromatic rings. The molecule has 0 bridgehead atoms. The Morgan fingerprint density at radius 2 is 1.73 bits per heavy atom. The van der Waals surface area contributed by atoms with Gasteiger partial charge in [0.1, 0.15) is 12.2 Å². The number of fused-ring (bicyclic) bond motifs is 1. The predicted molar refractivity (Wildman–Crippen MR) is 186 cm³/mol. The van der Waals surface area contributed by atoms with Crippen molar-refractivity contribution in [2.45, 2.75) is 44.2 Å². The van der Waals surface area contributed by atoms with Crippen molar-refractivity contribution in [3.05, 3.63) is 74.7 Å². The Balaban J connectivity index is 1.28. The number of piperazine rings is 1. The first-order valence-corrected chi connectivity index (χ1v) is 18.0. The molecule has 272 valence electrons. The fourth-order valence-electron chi connectivity index (χ4n) is 5.91. The summed E-state index contributed by atoms with van der Waals surface area (Å²) in [5.74, 6) is -0.712. The number of amides is 2. The van der Waals surface area contributed by atoms with E-state index in [1.165, 1.54) is 4.57 Å². The number of sulfonamides is 1. The first-order chi connectivity index (χ1) is 24.1. The van der Waals surface area contributed by atoms with Gasteiger partial charge in [-0.2, -0.15) is 22.7 Å². The summed E-state index contributed by atoms with van der Waals surface area (Å²) < 4.78 is 69.9. The van der Waals surface area contributed by atoms with Crippen LogP contribution in [-0.2, 0) is 34.0 Å². The van der Waals surface area contributed by atoms with Gasteiger partial charge in [-0.05, 0) is 49.6 Å². The van der Waals surface area contributed by atoms with Gasteiger partial charge in [-0.3, -0.25) is 19.1 Å². The van der Waals surface area contributed by atoms with Gasteiger partial charge in [-0.1, -0.05) is 30.7 Å². The van der Waals surface area contributed by atoms with Crippen molar-refractivity contribution in [2.24, 2.45) is 0 Å². The van der Waals surface area contributed by atoms with E-state index in [9.17, 15) is 36.0 Å². The quantitative estimate of drug-likeness (QED) is 0.247. The third-order valence-electron chi connectivity index (χ3n) is 8.68. The topological polar surface area (TPSA) is 154 Å². The van der Waals surface area contributed by atoms with Crippen molar-refractivity contribution in [1.29, 1.82) is 0 Å². The zero-order valence-corrected chi connectivity index (χ0v) is 29.4. The molecule has 0 atom stereocenters. The smallest absolute Gasteiger partial charge is 0.362 e. The summed E-state index contributed by atoms with van der Waals surface area (Å²) in [6, 6.07) is 9.03. The highest BCUT2D eigenvalue weighted by atomic mass is 35.5. The third-order valence-corrected chi connectivity index (χ3v) is 10.8. The average Bonchev–Trinajstić information content (AvgIpc) is 3.85. The largest absolute Gasteiger partial charge is 0.416 e. The van der Waals surface area contributed by atoms with Gasteiger partial charge in [0.2, 0.25) is 27.7 Å². The van der Waals surface area contributed by atoms with Crippen LogP contribution in [0.4, 0.5) is 36.2 Å². The summed E-state index contributed by atoms with van der Waals surface area (Å²) >= 11 is 6.09. The molecule has 2 fully saturated rings. The van der Waals surface area contributed by atoms with Gasteiger partial charge >= 0.3 is 6.18 Å². The van der Waals surface area contributed by atoms with E-state index in [0.717, 1.165) is 22.7 Å². The number of hydrogen-bond acceptors (Lipinski definition) is 9. The molecule has 1 aliphatic carbocycles. The summed E-state index contributed by atoms with van der Waals surface area (Å²) in [6.45, 7) is 2.30. The van der Waals surface area contributed by atoms with Crippen molar-refractivity contribution >= 4 is 62.2 Å². The van der Waals surface area contributed by atoms with Crippen molar-refractivity contribution < 1.29 is 31.2 Å². The zero-order chi connectivity index (χ0) is 36.8. The van der Waals surface area contributed by atoms with E-state index in [4.69, 9.17) is 11.6 Å². The highest BCUT2D eigenvalue weighted by Gasteiger charge is 2.37. The Bertz CT molecular complexity index is 2180. The number of alkyl halides is 3. The lowest BCUT2D eigenvalue weighted by Gasteiger charge is -2.37. The fourth-order valence-corrected chi connectivity index (χ4v) is 7.55. The molecular weight excluding hydrogens is 715 g/mol. The molecule has 0 spiro atoms.